The minimum atomic E-state index is -0.878. The average molecular weight is 400 g/mol. The lowest BCUT2D eigenvalue weighted by molar-refractivity contribution is -0.137. The zero-order chi connectivity index (χ0) is 21.6. The average Bonchev–Trinajstić information content (AvgIpc) is 2.78. The van der Waals surface area contributed by atoms with Gasteiger partial charge in [0.25, 0.3) is 5.91 Å². The predicted molar refractivity (Wildman–Crippen MR) is 112 cm³/mol. The molecule has 1 aliphatic carbocycles. The molecule has 6 nitrogen and oxygen atoms in total. The number of carbonyl (C=O) groups excluding carboxylic acids is 3. The summed E-state index contributed by atoms with van der Waals surface area (Å²) in [6.07, 6.45) is 2.25. The molecule has 1 saturated carbocycles. The van der Waals surface area contributed by atoms with E-state index in [1.165, 1.54) is 0 Å². The van der Waals surface area contributed by atoms with Crippen LogP contribution >= 0.6 is 0 Å². The minimum absolute atomic E-state index is 0.0317. The summed E-state index contributed by atoms with van der Waals surface area (Å²) in [5.74, 6) is -0.264. The molecular weight excluding hydrogens is 366 g/mol. The maximum absolute atomic E-state index is 13.2. The zero-order valence-corrected chi connectivity index (χ0v) is 18.4. The molecule has 4 amide bonds. The quantitative estimate of drug-likeness (QED) is 0.759. The first kappa shape index (κ1) is 21.3. The molecule has 2 N–H and O–H groups in total. The zero-order valence-electron chi connectivity index (χ0n) is 18.4. The van der Waals surface area contributed by atoms with E-state index in [9.17, 15) is 14.4 Å². The van der Waals surface area contributed by atoms with Crippen molar-refractivity contribution in [1.82, 2.24) is 15.5 Å². The number of hydrogen-bond donors (Lipinski definition) is 2. The van der Waals surface area contributed by atoms with E-state index in [0.29, 0.717) is 18.8 Å². The number of hydrogen-bond acceptors (Lipinski definition) is 3. The predicted octanol–water partition coefficient (Wildman–Crippen LogP) is 3.62. The molecule has 6 heteroatoms. The highest BCUT2D eigenvalue weighted by Crippen LogP contribution is 2.46. The van der Waals surface area contributed by atoms with Crippen LogP contribution in [0.2, 0.25) is 0 Å². The van der Waals surface area contributed by atoms with Crippen LogP contribution in [0.15, 0.2) is 18.2 Å². The van der Waals surface area contributed by atoms with Gasteiger partial charge in [0.15, 0.2) is 0 Å². The van der Waals surface area contributed by atoms with Crippen molar-refractivity contribution in [2.75, 3.05) is 6.54 Å². The molecule has 1 aromatic carbocycles. The first-order valence-corrected chi connectivity index (χ1v) is 10.4. The first-order chi connectivity index (χ1) is 13.4. The largest absolute Gasteiger partial charge is 0.348 e. The molecule has 1 aromatic rings. The summed E-state index contributed by atoms with van der Waals surface area (Å²) in [7, 11) is 0. The van der Waals surface area contributed by atoms with Crippen LogP contribution in [0.4, 0.5) is 4.79 Å². The number of nitrogens with one attached hydrogen (secondary N) is 2. The molecule has 1 heterocycles. The Kier molecular flexibility index (Phi) is 5.50. The van der Waals surface area contributed by atoms with Gasteiger partial charge in [-0.05, 0) is 62.5 Å². The standard InChI is InChI=1S/C23H33N3O3/c1-14-7-8-16(3)18(9-14)17(4)24-19(27)12-26-20(28)23(25-21(26)29)11-15(2)10-22(5,6)13-23/h7-9,15,17H,10-13H2,1-6H3,(H,24,27)(H,25,29). The third-order valence-corrected chi connectivity index (χ3v) is 6.20. The Morgan fingerprint density at radius 1 is 1.28 bits per heavy atom. The van der Waals surface area contributed by atoms with Crippen LogP contribution < -0.4 is 10.6 Å². The molecule has 3 rings (SSSR count). The van der Waals surface area contributed by atoms with Crippen LogP contribution in [0.1, 0.15) is 69.7 Å². The normalized spacial score (nSPS) is 27.1. The second-order valence-corrected chi connectivity index (χ2v) is 9.91. The summed E-state index contributed by atoms with van der Waals surface area (Å²) in [4.78, 5) is 39.5. The van der Waals surface area contributed by atoms with Crippen molar-refractivity contribution in [3.63, 3.8) is 0 Å². The number of nitrogens with zero attached hydrogens (tertiary/aromatic N) is 1. The molecule has 1 aliphatic heterocycles. The van der Waals surface area contributed by atoms with Crippen LogP contribution in [0.3, 0.4) is 0 Å². The molecule has 0 bridgehead atoms. The maximum atomic E-state index is 13.2. The SMILES string of the molecule is Cc1ccc(C)c(C(C)NC(=O)CN2C(=O)NC3(CC(C)CC(C)(C)C3)C2=O)c1. The number of imide groups is 1. The number of carbonyl (C=O) groups is 3. The topological polar surface area (TPSA) is 78.5 Å². The number of aryl methyl sites for hydroxylation is 2. The van der Waals surface area contributed by atoms with Crippen molar-refractivity contribution in [3.8, 4) is 0 Å². The second-order valence-electron chi connectivity index (χ2n) is 9.91. The second kappa shape index (κ2) is 7.47. The summed E-state index contributed by atoms with van der Waals surface area (Å²) in [6.45, 7) is 12.1. The van der Waals surface area contributed by atoms with E-state index in [4.69, 9.17) is 0 Å². The number of benzene rings is 1. The smallest absolute Gasteiger partial charge is 0.325 e. The Morgan fingerprint density at radius 3 is 2.62 bits per heavy atom. The fraction of sp³-hybridized carbons (Fsp3) is 0.609. The number of urea groups is 1. The van der Waals surface area contributed by atoms with Crippen molar-refractivity contribution in [2.24, 2.45) is 11.3 Å². The van der Waals surface area contributed by atoms with Gasteiger partial charge in [0.05, 0.1) is 6.04 Å². The molecule has 158 valence electrons. The molecule has 29 heavy (non-hydrogen) atoms. The monoisotopic (exact) mass is 399 g/mol. The lowest BCUT2D eigenvalue weighted by Gasteiger charge is -2.43. The Balaban J connectivity index is 1.70. The van der Waals surface area contributed by atoms with Gasteiger partial charge >= 0.3 is 6.03 Å². The van der Waals surface area contributed by atoms with Crippen LogP contribution in [-0.2, 0) is 9.59 Å². The van der Waals surface area contributed by atoms with Gasteiger partial charge in [-0.1, -0.05) is 44.5 Å². The molecule has 0 radical (unpaired) electrons. The lowest BCUT2D eigenvalue weighted by Crippen LogP contribution is -2.54. The van der Waals surface area contributed by atoms with Crippen LogP contribution in [0.5, 0.6) is 0 Å². The summed E-state index contributed by atoms with van der Waals surface area (Å²) in [6, 6.07) is 5.45. The Labute approximate surface area is 173 Å². The molecule has 1 saturated heterocycles. The van der Waals surface area contributed by atoms with Gasteiger partial charge in [-0.15, -0.1) is 0 Å². The van der Waals surface area contributed by atoms with Crippen molar-refractivity contribution >= 4 is 17.8 Å². The van der Waals surface area contributed by atoms with Gasteiger partial charge in [-0.3, -0.25) is 14.5 Å². The van der Waals surface area contributed by atoms with E-state index in [1.807, 2.05) is 32.9 Å². The van der Waals surface area contributed by atoms with E-state index >= 15 is 0 Å². The highest BCUT2D eigenvalue weighted by Gasteiger charge is 2.56. The van der Waals surface area contributed by atoms with E-state index in [1.54, 1.807) is 0 Å². The molecule has 0 aromatic heterocycles. The minimum Gasteiger partial charge on any atom is -0.348 e. The third-order valence-electron chi connectivity index (χ3n) is 6.20. The number of rotatable bonds is 4. The molecule has 3 atom stereocenters. The lowest BCUT2D eigenvalue weighted by atomic mass is 9.64. The number of amides is 4. The Morgan fingerprint density at radius 2 is 1.97 bits per heavy atom. The molecule has 2 fully saturated rings. The van der Waals surface area contributed by atoms with Gasteiger partial charge in [-0.25, -0.2) is 4.79 Å². The van der Waals surface area contributed by atoms with Gasteiger partial charge in [0, 0.05) is 0 Å². The third kappa shape index (κ3) is 4.31. The van der Waals surface area contributed by atoms with Crippen molar-refractivity contribution in [3.05, 3.63) is 34.9 Å². The van der Waals surface area contributed by atoms with Crippen molar-refractivity contribution in [2.45, 2.75) is 72.4 Å². The fourth-order valence-corrected chi connectivity index (χ4v) is 5.38. The van der Waals surface area contributed by atoms with E-state index in [2.05, 4.69) is 37.5 Å². The van der Waals surface area contributed by atoms with Gasteiger partial charge in [-0.2, -0.15) is 0 Å². The summed E-state index contributed by atoms with van der Waals surface area (Å²) < 4.78 is 0. The molecule has 1 spiro atoms. The summed E-state index contributed by atoms with van der Waals surface area (Å²) >= 11 is 0. The first-order valence-electron chi connectivity index (χ1n) is 10.4. The van der Waals surface area contributed by atoms with Crippen molar-refractivity contribution < 1.29 is 14.4 Å². The Hall–Kier alpha value is -2.37. The van der Waals surface area contributed by atoms with Gasteiger partial charge in [0.1, 0.15) is 12.1 Å². The molecule has 2 aliphatic rings. The maximum Gasteiger partial charge on any atom is 0.325 e. The Bertz CT molecular complexity index is 848. The van der Waals surface area contributed by atoms with Gasteiger partial charge in [0.2, 0.25) is 5.91 Å². The van der Waals surface area contributed by atoms with Crippen LogP contribution in [-0.4, -0.2) is 34.8 Å². The van der Waals surface area contributed by atoms with Crippen LogP contribution in [0.25, 0.3) is 0 Å². The fourth-order valence-electron chi connectivity index (χ4n) is 5.38. The van der Waals surface area contributed by atoms with Crippen LogP contribution in [0, 0.1) is 25.2 Å². The molecule has 3 unspecified atom stereocenters. The highest BCUT2D eigenvalue weighted by molar-refractivity contribution is 6.09. The molecular formula is C23H33N3O3. The highest BCUT2D eigenvalue weighted by atomic mass is 16.2. The van der Waals surface area contributed by atoms with E-state index in [0.717, 1.165) is 28.0 Å². The summed E-state index contributed by atoms with van der Waals surface area (Å²) in [5.41, 5.74) is 2.34. The summed E-state index contributed by atoms with van der Waals surface area (Å²) in [5, 5.41) is 5.86. The van der Waals surface area contributed by atoms with Gasteiger partial charge < -0.3 is 10.6 Å². The van der Waals surface area contributed by atoms with E-state index in [-0.39, 0.29) is 29.8 Å². The van der Waals surface area contributed by atoms with E-state index < -0.39 is 11.6 Å². The van der Waals surface area contributed by atoms with Crippen molar-refractivity contribution in [1.29, 1.82) is 0 Å².